The molecule has 30 heavy (non-hydrogen) atoms. The number of carbonyl (C=O) groups is 1. The Hall–Kier alpha value is -1.69. The van der Waals surface area contributed by atoms with Crippen molar-refractivity contribution < 1.29 is 14.3 Å². The van der Waals surface area contributed by atoms with Gasteiger partial charge in [0, 0.05) is 43.8 Å². The van der Waals surface area contributed by atoms with Crippen LogP contribution in [0.1, 0.15) is 67.4 Å². The fourth-order valence-electron chi connectivity index (χ4n) is 5.16. The lowest BCUT2D eigenvalue weighted by atomic mass is 9.71. The monoisotopic (exact) mass is 412 g/mol. The van der Waals surface area contributed by atoms with Crippen molar-refractivity contribution in [3.05, 3.63) is 41.0 Å². The molecule has 5 nitrogen and oxygen atoms in total. The van der Waals surface area contributed by atoms with E-state index < -0.39 is 0 Å². The standard InChI is InChI=1S/C25H36N2O3/c1-24(2)7-5-19(6-8-24)22-17-20(3-4-21(22)23(26)28)25(9-13-29-14-10-25)18-27-11-15-30-16-12-27/h3-5,17H,6-16,18H2,1-2H3,(H2,26,28). The average molecular weight is 413 g/mol. The molecule has 0 saturated carbocycles. The van der Waals surface area contributed by atoms with Gasteiger partial charge in [-0.15, -0.1) is 0 Å². The zero-order chi connectivity index (χ0) is 21.2. The number of rotatable bonds is 5. The second kappa shape index (κ2) is 8.81. The van der Waals surface area contributed by atoms with Crippen LogP contribution in [0.3, 0.4) is 0 Å². The molecule has 2 aliphatic heterocycles. The van der Waals surface area contributed by atoms with Gasteiger partial charge in [-0.2, -0.15) is 0 Å². The third-order valence-electron chi connectivity index (χ3n) is 7.30. The zero-order valence-electron chi connectivity index (χ0n) is 18.5. The summed E-state index contributed by atoms with van der Waals surface area (Å²) in [5.41, 5.74) is 10.4. The number of ether oxygens (including phenoxy) is 2. The van der Waals surface area contributed by atoms with Crippen molar-refractivity contribution in [3.63, 3.8) is 0 Å². The Morgan fingerprint density at radius 2 is 1.77 bits per heavy atom. The highest BCUT2D eigenvalue weighted by Crippen LogP contribution is 2.42. The van der Waals surface area contributed by atoms with Gasteiger partial charge < -0.3 is 15.2 Å². The van der Waals surface area contributed by atoms with Crippen molar-refractivity contribution in [1.29, 1.82) is 0 Å². The van der Waals surface area contributed by atoms with Gasteiger partial charge in [0.2, 0.25) is 5.91 Å². The lowest BCUT2D eigenvalue weighted by molar-refractivity contribution is -0.00120. The van der Waals surface area contributed by atoms with Gasteiger partial charge in [-0.3, -0.25) is 9.69 Å². The molecule has 164 valence electrons. The highest BCUT2D eigenvalue weighted by molar-refractivity contribution is 5.98. The smallest absolute Gasteiger partial charge is 0.249 e. The molecule has 0 atom stereocenters. The van der Waals surface area contributed by atoms with Gasteiger partial charge >= 0.3 is 0 Å². The summed E-state index contributed by atoms with van der Waals surface area (Å²) in [5.74, 6) is -0.337. The minimum Gasteiger partial charge on any atom is -0.381 e. The van der Waals surface area contributed by atoms with Gasteiger partial charge in [0.25, 0.3) is 0 Å². The number of carbonyl (C=O) groups excluding carboxylic acids is 1. The number of allylic oxidation sites excluding steroid dienone is 2. The minimum absolute atomic E-state index is 0.0506. The summed E-state index contributed by atoms with van der Waals surface area (Å²) in [6, 6.07) is 6.38. The Labute approximate surface area is 180 Å². The normalized spacial score (nSPS) is 24.3. The molecular formula is C25H36N2O3. The van der Waals surface area contributed by atoms with E-state index in [0.717, 1.165) is 83.7 Å². The number of hydrogen-bond acceptors (Lipinski definition) is 4. The quantitative estimate of drug-likeness (QED) is 0.800. The minimum atomic E-state index is -0.337. The van der Waals surface area contributed by atoms with E-state index in [9.17, 15) is 4.79 Å². The Balaban J connectivity index is 1.71. The van der Waals surface area contributed by atoms with Crippen LogP contribution in [0, 0.1) is 5.41 Å². The van der Waals surface area contributed by atoms with Crippen molar-refractivity contribution in [2.45, 2.75) is 51.4 Å². The van der Waals surface area contributed by atoms with Crippen molar-refractivity contribution in [3.8, 4) is 0 Å². The van der Waals surface area contributed by atoms with Gasteiger partial charge in [-0.05, 0) is 60.3 Å². The molecular weight excluding hydrogens is 376 g/mol. The van der Waals surface area contributed by atoms with E-state index in [-0.39, 0.29) is 11.3 Å². The third kappa shape index (κ3) is 4.63. The predicted octanol–water partition coefficient (Wildman–Crippen LogP) is 3.76. The van der Waals surface area contributed by atoms with Crippen LogP contribution >= 0.6 is 0 Å². The number of primary amides is 1. The maximum atomic E-state index is 12.2. The molecule has 0 aromatic heterocycles. The van der Waals surface area contributed by atoms with Crippen LogP contribution < -0.4 is 5.73 Å². The van der Waals surface area contributed by atoms with Crippen molar-refractivity contribution in [2.24, 2.45) is 11.1 Å². The molecule has 0 spiro atoms. The molecule has 2 fully saturated rings. The molecule has 4 rings (SSSR count). The summed E-state index contributed by atoms with van der Waals surface area (Å²) in [7, 11) is 0. The van der Waals surface area contributed by atoms with Crippen LogP contribution in [0.15, 0.2) is 24.3 Å². The van der Waals surface area contributed by atoms with E-state index in [1.807, 2.05) is 6.07 Å². The molecule has 1 amide bonds. The van der Waals surface area contributed by atoms with E-state index >= 15 is 0 Å². The van der Waals surface area contributed by atoms with Crippen LogP contribution in [-0.4, -0.2) is 56.9 Å². The fourth-order valence-corrected chi connectivity index (χ4v) is 5.16. The van der Waals surface area contributed by atoms with Gasteiger partial charge in [-0.25, -0.2) is 0 Å². The molecule has 1 aliphatic carbocycles. The first-order valence-electron chi connectivity index (χ1n) is 11.4. The average Bonchev–Trinajstić information content (AvgIpc) is 2.74. The second-order valence-corrected chi connectivity index (χ2v) is 10.0. The van der Waals surface area contributed by atoms with E-state index in [2.05, 4.69) is 37.0 Å². The van der Waals surface area contributed by atoms with Crippen molar-refractivity contribution >= 4 is 11.5 Å². The summed E-state index contributed by atoms with van der Waals surface area (Å²) in [6.07, 6.45) is 7.51. The summed E-state index contributed by atoms with van der Waals surface area (Å²) >= 11 is 0. The van der Waals surface area contributed by atoms with Crippen LogP contribution in [0.4, 0.5) is 0 Å². The molecule has 2 N–H and O–H groups in total. The summed E-state index contributed by atoms with van der Waals surface area (Å²) in [4.78, 5) is 14.8. The third-order valence-corrected chi connectivity index (χ3v) is 7.30. The predicted molar refractivity (Wildman–Crippen MR) is 120 cm³/mol. The van der Waals surface area contributed by atoms with Gasteiger partial charge in [0.15, 0.2) is 0 Å². The largest absolute Gasteiger partial charge is 0.381 e. The van der Waals surface area contributed by atoms with Crippen LogP contribution in [0.25, 0.3) is 5.57 Å². The number of nitrogens with two attached hydrogens (primary N) is 1. The SMILES string of the molecule is CC1(C)CC=C(c2cc(C3(CN4CCOCC4)CCOCC3)ccc2C(N)=O)CC1. The molecule has 1 aromatic carbocycles. The molecule has 2 saturated heterocycles. The first-order chi connectivity index (χ1) is 14.4. The lowest BCUT2D eigenvalue weighted by Crippen LogP contribution is -2.48. The summed E-state index contributed by atoms with van der Waals surface area (Å²) in [5, 5.41) is 0. The highest BCUT2D eigenvalue weighted by Gasteiger charge is 2.37. The molecule has 0 radical (unpaired) electrons. The van der Waals surface area contributed by atoms with E-state index in [0.29, 0.717) is 11.0 Å². The number of nitrogens with zero attached hydrogens (tertiary/aromatic N) is 1. The van der Waals surface area contributed by atoms with Gasteiger partial charge in [-0.1, -0.05) is 32.1 Å². The zero-order valence-corrected chi connectivity index (χ0v) is 18.5. The fraction of sp³-hybridized carbons (Fsp3) is 0.640. The molecule has 0 bridgehead atoms. The van der Waals surface area contributed by atoms with E-state index in [4.69, 9.17) is 15.2 Å². The molecule has 0 unspecified atom stereocenters. The summed E-state index contributed by atoms with van der Waals surface area (Å²) < 4.78 is 11.3. The Morgan fingerprint density at radius 3 is 2.40 bits per heavy atom. The Bertz CT molecular complexity index is 803. The maximum Gasteiger partial charge on any atom is 0.249 e. The van der Waals surface area contributed by atoms with Crippen LogP contribution in [0.5, 0.6) is 0 Å². The highest BCUT2D eigenvalue weighted by atomic mass is 16.5. The van der Waals surface area contributed by atoms with Crippen LogP contribution in [-0.2, 0) is 14.9 Å². The Kier molecular flexibility index (Phi) is 6.33. The van der Waals surface area contributed by atoms with E-state index in [1.165, 1.54) is 11.1 Å². The van der Waals surface area contributed by atoms with Crippen molar-refractivity contribution in [2.75, 3.05) is 46.1 Å². The molecule has 1 aromatic rings. The van der Waals surface area contributed by atoms with Crippen LogP contribution in [0.2, 0.25) is 0 Å². The number of morpholine rings is 1. The van der Waals surface area contributed by atoms with E-state index in [1.54, 1.807) is 0 Å². The van der Waals surface area contributed by atoms with Gasteiger partial charge in [0.1, 0.15) is 0 Å². The maximum absolute atomic E-state index is 12.2. The first-order valence-corrected chi connectivity index (χ1v) is 11.4. The van der Waals surface area contributed by atoms with Crippen molar-refractivity contribution in [1.82, 2.24) is 4.90 Å². The van der Waals surface area contributed by atoms with Gasteiger partial charge in [0.05, 0.1) is 13.2 Å². The Morgan fingerprint density at radius 1 is 1.07 bits per heavy atom. The molecule has 3 aliphatic rings. The molecule has 2 heterocycles. The number of benzene rings is 1. The molecule has 5 heteroatoms. The topological polar surface area (TPSA) is 64.8 Å². The second-order valence-electron chi connectivity index (χ2n) is 10.0. The number of hydrogen-bond donors (Lipinski definition) is 1. The summed E-state index contributed by atoms with van der Waals surface area (Å²) in [6.45, 7) is 10.8. The number of amides is 1. The lowest BCUT2D eigenvalue weighted by Gasteiger charge is -2.43. The first kappa shape index (κ1) is 21.5.